The van der Waals surface area contributed by atoms with Crippen LogP contribution >= 0.6 is 0 Å². The molecule has 0 radical (unpaired) electrons. The fourth-order valence-corrected chi connectivity index (χ4v) is 3.72. The summed E-state index contributed by atoms with van der Waals surface area (Å²) in [7, 11) is 0. The quantitative estimate of drug-likeness (QED) is 0.276. The van der Waals surface area contributed by atoms with Crippen molar-refractivity contribution in [2.45, 2.75) is 83.7 Å². The first-order chi connectivity index (χ1) is 12.5. The molecule has 0 amide bonds. The summed E-state index contributed by atoms with van der Waals surface area (Å²) in [5.41, 5.74) is 0. The molecule has 5 heteroatoms. The number of ketones is 1. The summed E-state index contributed by atoms with van der Waals surface area (Å²) in [6.45, 7) is 2.12. The summed E-state index contributed by atoms with van der Waals surface area (Å²) in [5.74, 6) is -0.305. The van der Waals surface area contributed by atoms with Crippen molar-refractivity contribution >= 4 is 18.0 Å². The molecule has 148 valence electrons. The van der Waals surface area contributed by atoms with Crippen LogP contribution in [0.25, 0.3) is 0 Å². The Kier molecular flexibility index (Phi) is 11.1. The van der Waals surface area contributed by atoms with E-state index in [1.165, 1.54) is 0 Å². The molecular formula is C21H34O5. The van der Waals surface area contributed by atoms with Gasteiger partial charge >= 0.3 is 5.97 Å². The molecule has 1 aliphatic carbocycles. The number of hydrogen-bond acceptors (Lipinski definition) is 4. The SMILES string of the molecule is CCCCC(C=O)CC=C[C@H]1CCC(=O)[C@@H]1CCCCC(O)CC(=O)O. The number of hydrogen-bond donors (Lipinski definition) is 2. The third kappa shape index (κ3) is 8.75. The van der Waals surface area contributed by atoms with Crippen LogP contribution in [0.1, 0.15) is 77.6 Å². The van der Waals surface area contributed by atoms with Crippen molar-refractivity contribution < 1.29 is 24.6 Å². The van der Waals surface area contributed by atoms with Crippen molar-refractivity contribution in [1.29, 1.82) is 0 Å². The average molecular weight is 366 g/mol. The first-order valence-corrected chi connectivity index (χ1v) is 10.0. The normalized spacial score (nSPS) is 22.6. The van der Waals surface area contributed by atoms with E-state index < -0.39 is 12.1 Å². The van der Waals surface area contributed by atoms with E-state index >= 15 is 0 Å². The van der Waals surface area contributed by atoms with Gasteiger partial charge < -0.3 is 15.0 Å². The molecule has 26 heavy (non-hydrogen) atoms. The fourth-order valence-electron chi connectivity index (χ4n) is 3.72. The molecule has 0 heterocycles. The Bertz CT molecular complexity index is 471. The lowest BCUT2D eigenvalue weighted by atomic mass is 9.88. The Labute approximate surface area is 156 Å². The Morgan fingerprint density at radius 1 is 1.27 bits per heavy atom. The highest BCUT2D eigenvalue weighted by Crippen LogP contribution is 2.34. The van der Waals surface area contributed by atoms with Crippen LogP contribution in [0, 0.1) is 17.8 Å². The monoisotopic (exact) mass is 366 g/mol. The summed E-state index contributed by atoms with van der Waals surface area (Å²) in [6, 6.07) is 0. The van der Waals surface area contributed by atoms with Gasteiger partial charge in [0.2, 0.25) is 0 Å². The van der Waals surface area contributed by atoms with E-state index in [0.717, 1.165) is 57.7 Å². The molecule has 1 rings (SSSR count). The second kappa shape index (κ2) is 12.8. The predicted molar refractivity (Wildman–Crippen MR) is 101 cm³/mol. The van der Waals surface area contributed by atoms with E-state index in [0.29, 0.717) is 18.6 Å². The molecule has 1 fully saturated rings. The van der Waals surface area contributed by atoms with Gasteiger partial charge in [0, 0.05) is 18.3 Å². The zero-order valence-corrected chi connectivity index (χ0v) is 15.9. The maximum absolute atomic E-state index is 12.1. The molecule has 0 aromatic rings. The van der Waals surface area contributed by atoms with E-state index in [-0.39, 0.29) is 24.2 Å². The van der Waals surface area contributed by atoms with Crippen molar-refractivity contribution in [2.24, 2.45) is 17.8 Å². The van der Waals surface area contributed by atoms with Gasteiger partial charge in [-0.05, 0) is 38.0 Å². The largest absolute Gasteiger partial charge is 0.481 e. The van der Waals surface area contributed by atoms with Crippen molar-refractivity contribution in [3.05, 3.63) is 12.2 Å². The van der Waals surface area contributed by atoms with Gasteiger partial charge in [0.15, 0.2) is 0 Å². The number of carbonyl (C=O) groups excluding carboxylic acids is 2. The molecule has 1 aliphatic rings. The molecule has 2 N–H and O–H groups in total. The highest BCUT2D eigenvalue weighted by atomic mass is 16.4. The third-order valence-corrected chi connectivity index (χ3v) is 5.31. The molecule has 0 saturated heterocycles. The minimum Gasteiger partial charge on any atom is -0.481 e. The first-order valence-electron chi connectivity index (χ1n) is 10.0. The Hall–Kier alpha value is -1.49. The van der Waals surface area contributed by atoms with Crippen LogP contribution in [0.5, 0.6) is 0 Å². The summed E-state index contributed by atoms with van der Waals surface area (Å²) >= 11 is 0. The Morgan fingerprint density at radius 3 is 2.69 bits per heavy atom. The fraction of sp³-hybridized carbons (Fsp3) is 0.762. The highest BCUT2D eigenvalue weighted by Gasteiger charge is 2.32. The molecule has 0 bridgehead atoms. The lowest BCUT2D eigenvalue weighted by Crippen LogP contribution is -2.15. The number of aliphatic carboxylic acids is 1. The van der Waals surface area contributed by atoms with Crippen LogP contribution in [-0.2, 0) is 14.4 Å². The molecule has 0 aromatic carbocycles. The van der Waals surface area contributed by atoms with Crippen LogP contribution in [0.3, 0.4) is 0 Å². The van der Waals surface area contributed by atoms with E-state index in [9.17, 15) is 19.5 Å². The Morgan fingerprint density at radius 2 is 2.04 bits per heavy atom. The van der Waals surface area contributed by atoms with Crippen LogP contribution in [0.4, 0.5) is 0 Å². The lowest BCUT2D eigenvalue weighted by molar-refractivity contribution is -0.139. The predicted octanol–water partition coefficient (Wildman–Crippen LogP) is 3.93. The van der Waals surface area contributed by atoms with E-state index in [1.807, 2.05) is 0 Å². The summed E-state index contributed by atoms with van der Waals surface area (Å²) in [5, 5.41) is 18.2. The summed E-state index contributed by atoms with van der Waals surface area (Å²) in [6.07, 6.45) is 12.4. The van der Waals surface area contributed by atoms with Crippen LogP contribution in [0.15, 0.2) is 12.2 Å². The van der Waals surface area contributed by atoms with Gasteiger partial charge in [0.25, 0.3) is 0 Å². The second-order valence-corrected chi connectivity index (χ2v) is 7.51. The molecule has 0 spiro atoms. The molecule has 1 saturated carbocycles. The van der Waals surface area contributed by atoms with E-state index in [1.54, 1.807) is 0 Å². The number of aliphatic hydroxyl groups is 1. The molecule has 5 nitrogen and oxygen atoms in total. The number of carboxylic acid groups (broad SMARTS) is 1. The first kappa shape index (κ1) is 22.6. The van der Waals surface area contributed by atoms with Crippen molar-refractivity contribution in [1.82, 2.24) is 0 Å². The molecule has 0 aromatic heterocycles. The number of allylic oxidation sites excluding steroid dienone is 2. The van der Waals surface area contributed by atoms with Crippen LogP contribution < -0.4 is 0 Å². The summed E-state index contributed by atoms with van der Waals surface area (Å²) < 4.78 is 0. The zero-order chi connectivity index (χ0) is 19.4. The maximum atomic E-state index is 12.1. The van der Waals surface area contributed by atoms with Crippen molar-refractivity contribution in [3.63, 3.8) is 0 Å². The van der Waals surface area contributed by atoms with E-state index in [4.69, 9.17) is 5.11 Å². The number of aliphatic hydroxyl groups excluding tert-OH is 1. The number of carbonyl (C=O) groups is 3. The van der Waals surface area contributed by atoms with Crippen molar-refractivity contribution in [3.8, 4) is 0 Å². The second-order valence-electron chi connectivity index (χ2n) is 7.51. The average Bonchev–Trinajstić information content (AvgIpc) is 2.94. The molecule has 2 unspecified atom stereocenters. The minimum absolute atomic E-state index is 0.0354. The van der Waals surface area contributed by atoms with Gasteiger partial charge in [0.1, 0.15) is 12.1 Å². The van der Waals surface area contributed by atoms with Gasteiger partial charge in [-0.25, -0.2) is 0 Å². The molecule has 4 atom stereocenters. The maximum Gasteiger partial charge on any atom is 0.305 e. The van der Waals surface area contributed by atoms with E-state index in [2.05, 4.69) is 19.1 Å². The number of rotatable bonds is 14. The standard InChI is InChI=1S/C21H34O5/c1-2-3-7-16(15-22)8-6-9-17-12-13-20(24)19(17)11-5-4-10-18(23)14-21(25)26/h6,9,15-19,23H,2-5,7-8,10-14H2,1H3,(H,25,26)/t16?,17-,18?,19+/m0/s1. The lowest BCUT2D eigenvalue weighted by Gasteiger charge is -2.16. The van der Waals surface area contributed by atoms with Gasteiger partial charge in [-0.15, -0.1) is 0 Å². The molecular weight excluding hydrogens is 332 g/mol. The summed E-state index contributed by atoms with van der Waals surface area (Å²) in [4.78, 5) is 33.8. The third-order valence-electron chi connectivity index (χ3n) is 5.31. The number of Topliss-reactive ketones (excluding diaryl/α,β-unsaturated/α-hetero) is 1. The van der Waals surface area contributed by atoms with Gasteiger partial charge in [-0.1, -0.05) is 44.8 Å². The van der Waals surface area contributed by atoms with Gasteiger partial charge in [-0.3, -0.25) is 9.59 Å². The topological polar surface area (TPSA) is 91.7 Å². The minimum atomic E-state index is -0.985. The highest BCUT2D eigenvalue weighted by molar-refractivity contribution is 5.83. The number of unbranched alkanes of at least 4 members (excludes halogenated alkanes) is 2. The van der Waals surface area contributed by atoms with Crippen molar-refractivity contribution in [2.75, 3.05) is 0 Å². The van der Waals surface area contributed by atoms with Gasteiger partial charge in [-0.2, -0.15) is 0 Å². The zero-order valence-electron chi connectivity index (χ0n) is 15.9. The van der Waals surface area contributed by atoms with Gasteiger partial charge in [0.05, 0.1) is 12.5 Å². The number of aldehydes is 1. The Balaban J connectivity index is 2.36. The molecule has 0 aliphatic heterocycles. The number of carboxylic acids is 1. The van der Waals surface area contributed by atoms with Crippen LogP contribution in [-0.4, -0.2) is 34.4 Å². The van der Waals surface area contributed by atoms with Crippen LogP contribution in [0.2, 0.25) is 0 Å². The smallest absolute Gasteiger partial charge is 0.305 e.